The molecule has 2 N–H and O–H groups in total. The summed E-state index contributed by atoms with van der Waals surface area (Å²) in [6, 6.07) is 5.39. The highest BCUT2D eigenvalue weighted by Gasteiger charge is 2.84. The number of hydrogen-bond donors (Lipinski definition) is 2. The molecule has 4 rings (SSSR count). The van der Waals surface area contributed by atoms with Crippen molar-refractivity contribution in [1.29, 1.82) is 0 Å². The van der Waals surface area contributed by atoms with Crippen LogP contribution in [0.4, 0.5) is 5.82 Å². The van der Waals surface area contributed by atoms with Crippen LogP contribution >= 0.6 is 23.5 Å². The van der Waals surface area contributed by atoms with Crippen LogP contribution in [0.25, 0.3) is 0 Å². The first-order valence-corrected chi connectivity index (χ1v) is 7.15. The van der Waals surface area contributed by atoms with E-state index in [0.717, 1.165) is 0 Å². The Balaban J connectivity index is 1.64. The molecular weight excluding hydrogens is 270 g/mol. The van der Waals surface area contributed by atoms with Gasteiger partial charge in [0.2, 0.25) is 0 Å². The number of aliphatic hydroxyl groups is 2. The Morgan fingerprint density at radius 3 is 2.94 bits per heavy atom. The van der Waals surface area contributed by atoms with Gasteiger partial charge in [0, 0.05) is 6.20 Å². The summed E-state index contributed by atoms with van der Waals surface area (Å²) < 4.78 is 0. The second-order valence-electron chi connectivity index (χ2n) is 4.47. The zero-order valence-electron chi connectivity index (χ0n) is 9.09. The first kappa shape index (κ1) is 11.0. The predicted octanol–water partition coefficient (Wildman–Crippen LogP) is 1.67. The third kappa shape index (κ3) is 1.30. The summed E-state index contributed by atoms with van der Waals surface area (Å²) in [6.45, 7) is 0. The molecule has 0 radical (unpaired) electrons. The smallest absolute Gasteiger partial charge is 0.188 e. The van der Waals surface area contributed by atoms with Crippen molar-refractivity contribution in [2.24, 2.45) is 10.2 Å². The maximum Gasteiger partial charge on any atom is 0.188 e. The fraction of sp³-hybridized carbons (Fsp3) is 0.364. The lowest BCUT2D eigenvalue weighted by Crippen LogP contribution is -2.36. The lowest BCUT2D eigenvalue weighted by molar-refractivity contribution is 0.1000. The molecule has 3 aliphatic rings. The first-order valence-electron chi connectivity index (χ1n) is 5.45. The molecule has 4 atom stereocenters. The third-order valence-electron chi connectivity index (χ3n) is 3.26. The number of rotatable bonds is 2. The molecule has 0 saturated carbocycles. The molecule has 2 fully saturated rings. The van der Waals surface area contributed by atoms with E-state index in [1.165, 1.54) is 23.5 Å². The average molecular weight is 279 g/mol. The second kappa shape index (κ2) is 3.16. The molecule has 2 aliphatic heterocycles. The summed E-state index contributed by atoms with van der Waals surface area (Å²) in [7, 11) is 0. The first-order chi connectivity index (χ1) is 8.58. The molecule has 0 spiro atoms. The zero-order chi connectivity index (χ0) is 12.4. The minimum atomic E-state index is -1.03. The molecule has 18 heavy (non-hydrogen) atoms. The van der Waals surface area contributed by atoms with E-state index in [4.69, 9.17) is 0 Å². The maximum atomic E-state index is 10.4. The van der Waals surface area contributed by atoms with Crippen LogP contribution in [-0.2, 0) is 0 Å². The molecule has 1 aromatic heterocycles. The van der Waals surface area contributed by atoms with Crippen molar-refractivity contribution >= 4 is 29.3 Å². The quantitative estimate of drug-likeness (QED) is 0.489. The van der Waals surface area contributed by atoms with Crippen LogP contribution in [0, 0.1) is 0 Å². The minimum Gasteiger partial charge on any atom is -0.375 e. The molecule has 92 valence electrons. The van der Waals surface area contributed by atoms with Gasteiger partial charge in [-0.25, -0.2) is 4.98 Å². The lowest BCUT2D eigenvalue weighted by Gasteiger charge is -2.15. The Bertz CT molecular complexity index is 581. The van der Waals surface area contributed by atoms with E-state index < -0.39 is 14.7 Å². The largest absolute Gasteiger partial charge is 0.375 e. The summed E-state index contributed by atoms with van der Waals surface area (Å²) in [6.07, 6.45) is 5.08. The summed E-state index contributed by atoms with van der Waals surface area (Å²) in [5, 5.41) is 28.4. The molecule has 4 unspecified atom stereocenters. The van der Waals surface area contributed by atoms with E-state index in [2.05, 4.69) is 15.2 Å². The van der Waals surface area contributed by atoms with Crippen molar-refractivity contribution < 1.29 is 10.2 Å². The van der Waals surface area contributed by atoms with Crippen molar-refractivity contribution in [2.45, 2.75) is 20.0 Å². The third-order valence-corrected chi connectivity index (χ3v) is 6.34. The SMILES string of the molecule is OC12C=CC3(N=Nc4ccccn4)SC3(O)C1S2. The van der Waals surface area contributed by atoms with E-state index in [1.54, 1.807) is 30.5 Å². The fourth-order valence-electron chi connectivity index (χ4n) is 2.14. The number of thioether (sulfide) groups is 2. The Labute approximate surface area is 111 Å². The number of nitrogens with zero attached hydrogens (tertiary/aromatic N) is 3. The second-order valence-corrected chi connectivity index (χ2v) is 7.28. The number of azo groups is 1. The van der Waals surface area contributed by atoms with Crippen molar-refractivity contribution in [3.63, 3.8) is 0 Å². The number of pyridine rings is 1. The summed E-state index contributed by atoms with van der Waals surface area (Å²) in [5.74, 6) is 0.513. The van der Waals surface area contributed by atoms with E-state index in [1.807, 2.05) is 6.07 Å². The molecule has 1 aliphatic carbocycles. The van der Waals surface area contributed by atoms with E-state index in [9.17, 15) is 10.2 Å². The Hall–Kier alpha value is -0.890. The molecular formula is C11H9N3O2S2. The van der Waals surface area contributed by atoms with Crippen LogP contribution in [0.15, 0.2) is 46.8 Å². The van der Waals surface area contributed by atoms with E-state index in [-0.39, 0.29) is 5.25 Å². The van der Waals surface area contributed by atoms with Crippen LogP contribution in [0.3, 0.4) is 0 Å². The average Bonchev–Trinajstić information content (AvgIpc) is 3.22. The van der Waals surface area contributed by atoms with Crippen LogP contribution in [0.1, 0.15) is 0 Å². The van der Waals surface area contributed by atoms with Gasteiger partial charge < -0.3 is 10.2 Å². The summed E-state index contributed by atoms with van der Waals surface area (Å²) in [5.41, 5.74) is 0. The van der Waals surface area contributed by atoms with Gasteiger partial charge in [-0.1, -0.05) is 17.8 Å². The molecule has 3 heterocycles. The van der Waals surface area contributed by atoms with Crippen LogP contribution in [0.2, 0.25) is 0 Å². The van der Waals surface area contributed by atoms with Crippen LogP contribution < -0.4 is 0 Å². The van der Waals surface area contributed by atoms with Gasteiger partial charge in [-0.05, 0) is 24.3 Å². The zero-order valence-corrected chi connectivity index (χ0v) is 10.7. The van der Waals surface area contributed by atoms with Gasteiger partial charge in [0.1, 0.15) is 4.93 Å². The molecule has 2 saturated heterocycles. The maximum absolute atomic E-state index is 10.4. The molecule has 0 bridgehead atoms. The number of hydrogen-bond acceptors (Lipinski definition) is 7. The monoisotopic (exact) mass is 279 g/mol. The van der Waals surface area contributed by atoms with Gasteiger partial charge in [0.15, 0.2) is 15.6 Å². The van der Waals surface area contributed by atoms with Gasteiger partial charge >= 0.3 is 0 Å². The highest BCUT2D eigenvalue weighted by Crippen LogP contribution is 2.79. The van der Waals surface area contributed by atoms with Crippen LogP contribution in [0.5, 0.6) is 0 Å². The van der Waals surface area contributed by atoms with Gasteiger partial charge in [0.05, 0.1) is 5.25 Å². The van der Waals surface area contributed by atoms with Gasteiger partial charge in [0.25, 0.3) is 0 Å². The van der Waals surface area contributed by atoms with Crippen molar-refractivity contribution in [1.82, 2.24) is 4.98 Å². The minimum absolute atomic E-state index is 0.206. The lowest BCUT2D eigenvalue weighted by atomic mass is 9.98. The van der Waals surface area contributed by atoms with E-state index in [0.29, 0.717) is 5.82 Å². The fourth-order valence-corrected chi connectivity index (χ4v) is 4.78. The van der Waals surface area contributed by atoms with Crippen molar-refractivity contribution in [3.05, 3.63) is 36.5 Å². The van der Waals surface area contributed by atoms with Crippen molar-refractivity contribution in [3.8, 4) is 0 Å². The number of aromatic nitrogens is 1. The molecule has 1 aromatic rings. The molecule has 7 heteroatoms. The predicted molar refractivity (Wildman–Crippen MR) is 69.5 cm³/mol. The van der Waals surface area contributed by atoms with Gasteiger partial charge in [-0.3, -0.25) is 0 Å². The van der Waals surface area contributed by atoms with Crippen molar-refractivity contribution in [2.75, 3.05) is 0 Å². The van der Waals surface area contributed by atoms with E-state index >= 15 is 0 Å². The highest BCUT2D eigenvalue weighted by atomic mass is 32.2. The van der Waals surface area contributed by atoms with Gasteiger partial charge in [-0.2, -0.15) is 5.11 Å². The van der Waals surface area contributed by atoms with Crippen LogP contribution in [-0.4, -0.2) is 35.2 Å². The molecule has 5 nitrogen and oxygen atoms in total. The normalized spacial score (nSPS) is 47.8. The summed E-state index contributed by atoms with van der Waals surface area (Å²) in [4.78, 5) is 1.37. The highest BCUT2D eigenvalue weighted by molar-refractivity contribution is 8.14. The number of fused-ring (bicyclic) bond motifs is 3. The molecule has 0 aromatic carbocycles. The topological polar surface area (TPSA) is 78.1 Å². The van der Waals surface area contributed by atoms with Gasteiger partial charge in [-0.15, -0.1) is 16.9 Å². The standard InChI is InChI=1S/C11H9N3O2S2/c15-9-4-5-10(11(16,18-10)8(9)17-9)14-13-7-3-1-2-6-12-7/h1-6,8,15-16H. The molecule has 0 amide bonds. The summed E-state index contributed by atoms with van der Waals surface area (Å²) >= 11 is 2.67. The Morgan fingerprint density at radius 1 is 1.28 bits per heavy atom. The Kier molecular flexibility index (Phi) is 1.93. The Morgan fingerprint density at radius 2 is 2.17 bits per heavy atom.